The third-order valence-electron chi connectivity index (χ3n) is 3.07. The maximum atomic E-state index is 5.25. The van der Waals surface area contributed by atoms with E-state index in [1.807, 2.05) is 6.21 Å². The van der Waals surface area contributed by atoms with E-state index in [2.05, 4.69) is 68.1 Å². The van der Waals surface area contributed by atoms with Crippen molar-refractivity contribution in [2.24, 2.45) is 5.10 Å². The van der Waals surface area contributed by atoms with E-state index < -0.39 is 0 Å². The van der Waals surface area contributed by atoms with Crippen molar-refractivity contribution in [1.29, 1.82) is 0 Å². The van der Waals surface area contributed by atoms with E-state index in [0.717, 1.165) is 11.4 Å². The second-order valence-electron chi connectivity index (χ2n) is 6.02. The van der Waals surface area contributed by atoms with E-state index >= 15 is 0 Å². The summed E-state index contributed by atoms with van der Waals surface area (Å²) in [6.45, 7) is 10.4. The highest BCUT2D eigenvalue weighted by molar-refractivity contribution is 7.71. The number of benzene rings is 1. The molecule has 1 heterocycles. The molecule has 0 aliphatic rings. The van der Waals surface area contributed by atoms with E-state index in [4.69, 9.17) is 12.2 Å². The summed E-state index contributed by atoms with van der Waals surface area (Å²) < 4.78 is 2.20. The predicted molar refractivity (Wildman–Crippen MR) is 85.0 cm³/mol. The number of H-pyrrole nitrogens is 1. The molecule has 1 N–H and O–H groups in total. The van der Waals surface area contributed by atoms with Gasteiger partial charge < -0.3 is 0 Å². The fourth-order valence-corrected chi connectivity index (χ4v) is 2.08. The van der Waals surface area contributed by atoms with Gasteiger partial charge in [0.15, 0.2) is 5.82 Å². The lowest BCUT2D eigenvalue weighted by molar-refractivity contribution is 0.516. The molecule has 0 unspecified atom stereocenters. The molecular formula is C15H20N4S. The Bertz CT molecular complexity index is 701. The smallest absolute Gasteiger partial charge is 0.216 e. The Kier molecular flexibility index (Phi) is 3.90. The zero-order valence-electron chi connectivity index (χ0n) is 12.6. The molecule has 4 nitrogen and oxygen atoms in total. The van der Waals surface area contributed by atoms with E-state index in [1.54, 1.807) is 4.68 Å². The molecule has 0 aliphatic heterocycles. The number of aromatic amines is 1. The lowest BCUT2D eigenvalue weighted by Gasteiger charge is -2.15. The molecule has 2 rings (SSSR count). The third kappa shape index (κ3) is 3.04. The Morgan fingerprint density at radius 3 is 2.65 bits per heavy atom. The Hall–Kier alpha value is -1.75. The lowest BCUT2D eigenvalue weighted by atomic mass is 9.96. The van der Waals surface area contributed by atoms with Crippen molar-refractivity contribution < 1.29 is 0 Å². The first-order valence-corrected chi connectivity index (χ1v) is 6.99. The number of aromatic nitrogens is 3. The highest BCUT2D eigenvalue weighted by Gasteiger charge is 2.21. The Morgan fingerprint density at radius 1 is 1.30 bits per heavy atom. The average molecular weight is 288 g/mol. The molecule has 0 bridgehead atoms. The zero-order chi connectivity index (χ0) is 14.9. The van der Waals surface area contributed by atoms with Crippen LogP contribution in [0.1, 0.15) is 43.3 Å². The maximum absolute atomic E-state index is 5.25. The van der Waals surface area contributed by atoms with Gasteiger partial charge in [-0.15, -0.1) is 0 Å². The van der Waals surface area contributed by atoms with Gasteiger partial charge in [0.25, 0.3) is 0 Å². The van der Waals surface area contributed by atoms with Gasteiger partial charge in [-0.05, 0) is 37.2 Å². The second-order valence-corrected chi connectivity index (χ2v) is 6.41. The molecule has 0 amide bonds. The minimum Gasteiger partial charge on any atom is -0.250 e. The monoisotopic (exact) mass is 288 g/mol. The summed E-state index contributed by atoms with van der Waals surface area (Å²) in [4.78, 5) is 0. The van der Waals surface area contributed by atoms with Gasteiger partial charge in [-0.25, -0.2) is 0 Å². The molecule has 0 fully saturated rings. The molecule has 0 saturated carbocycles. The van der Waals surface area contributed by atoms with Crippen molar-refractivity contribution in [2.75, 3.05) is 0 Å². The van der Waals surface area contributed by atoms with Crippen LogP contribution in [0.25, 0.3) is 0 Å². The van der Waals surface area contributed by atoms with Gasteiger partial charge in [-0.2, -0.15) is 14.9 Å². The highest BCUT2D eigenvalue weighted by Crippen LogP contribution is 2.20. The number of hydrogen-bond acceptors (Lipinski definition) is 3. The SMILES string of the molecule is Cc1ccc(C)c(/C=N\n2c(C(C)(C)C)n[nH]c2=S)c1. The van der Waals surface area contributed by atoms with E-state index in [9.17, 15) is 0 Å². The van der Waals surface area contributed by atoms with E-state index in [0.29, 0.717) is 4.77 Å². The standard InChI is InChI=1S/C15H20N4S/c1-10-6-7-11(2)12(8-10)9-16-19-13(15(3,4)5)17-18-14(19)20/h6-9H,1-5H3,(H,18,20)/b16-9-. The molecule has 0 atom stereocenters. The number of nitrogens with one attached hydrogen (secondary N) is 1. The zero-order valence-corrected chi connectivity index (χ0v) is 13.4. The van der Waals surface area contributed by atoms with Gasteiger partial charge in [0.05, 0.1) is 6.21 Å². The van der Waals surface area contributed by atoms with E-state index in [-0.39, 0.29) is 5.41 Å². The largest absolute Gasteiger partial charge is 0.250 e. The number of rotatable bonds is 2. The van der Waals surface area contributed by atoms with Crippen molar-refractivity contribution in [3.63, 3.8) is 0 Å². The summed E-state index contributed by atoms with van der Waals surface area (Å²) in [6.07, 6.45) is 1.84. The van der Waals surface area contributed by atoms with Crippen LogP contribution in [0.3, 0.4) is 0 Å². The second kappa shape index (κ2) is 5.32. The van der Waals surface area contributed by atoms with Crippen LogP contribution in [0, 0.1) is 18.6 Å². The van der Waals surface area contributed by atoms with Crippen molar-refractivity contribution in [3.8, 4) is 0 Å². The van der Waals surface area contributed by atoms with Crippen LogP contribution in [0.2, 0.25) is 0 Å². The first-order valence-electron chi connectivity index (χ1n) is 6.58. The molecule has 106 valence electrons. The minimum atomic E-state index is -0.119. The van der Waals surface area contributed by atoms with Gasteiger partial charge in [0.1, 0.15) is 0 Å². The summed E-state index contributed by atoms with van der Waals surface area (Å²) in [5, 5.41) is 11.6. The Morgan fingerprint density at radius 2 is 2.00 bits per heavy atom. The lowest BCUT2D eigenvalue weighted by Crippen LogP contribution is -2.17. The van der Waals surface area contributed by atoms with Crippen LogP contribution >= 0.6 is 12.2 Å². The van der Waals surface area contributed by atoms with Gasteiger partial charge >= 0.3 is 0 Å². The molecule has 0 saturated heterocycles. The van der Waals surface area contributed by atoms with Crippen LogP contribution in [0.5, 0.6) is 0 Å². The fraction of sp³-hybridized carbons (Fsp3) is 0.400. The summed E-state index contributed by atoms with van der Waals surface area (Å²) in [6, 6.07) is 6.30. The van der Waals surface area contributed by atoms with Gasteiger partial charge in [-0.1, -0.05) is 44.5 Å². The first-order chi connectivity index (χ1) is 9.29. The van der Waals surface area contributed by atoms with Crippen LogP contribution in [0.4, 0.5) is 0 Å². The number of aryl methyl sites for hydroxylation is 2. The van der Waals surface area contributed by atoms with Crippen molar-refractivity contribution in [3.05, 3.63) is 45.5 Å². The summed E-state index contributed by atoms with van der Waals surface area (Å²) in [7, 11) is 0. The molecule has 0 aliphatic carbocycles. The highest BCUT2D eigenvalue weighted by atomic mass is 32.1. The van der Waals surface area contributed by atoms with Crippen molar-refractivity contribution in [2.45, 2.75) is 40.0 Å². The van der Waals surface area contributed by atoms with Crippen LogP contribution in [-0.4, -0.2) is 21.1 Å². The molecular weight excluding hydrogens is 268 g/mol. The number of hydrogen-bond donors (Lipinski definition) is 1. The topological polar surface area (TPSA) is 46.0 Å². The first kappa shape index (κ1) is 14.7. The normalized spacial score (nSPS) is 12.2. The molecule has 0 radical (unpaired) electrons. The van der Waals surface area contributed by atoms with Crippen LogP contribution < -0.4 is 0 Å². The van der Waals surface area contributed by atoms with Crippen molar-refractivity contribution in [1.82, 2.24) is 14.9 Å². The summed E-state index contributed by atoms with van der Waals surface area (Å²) >= 11 is 5.25. The van der Waals surface area contributed by atoms with Gasteiger partial charge in [0.2, 0.25) is 4.77 Å². The third-order valence-corrected chi connectivity index (χ3v) is 3.33. The maximum Gasteiger partial charge on any atom is 0.216 e. The van der Waals surface area contributed by atoms with Crippen LogP contribution in [0.15, 0.2) is 23.3 Å². The van der Waals surface area contributed by atoms with Crippen LogP contribution in [-0.2, 0) is 5.41 Å². The molecule has 1 aromatic carbocycles. The van der Waals surface area contributed by atoms with Gasteiger partial charge in [-0.3, -0.25) is 5.10 Å². The van der Waals surface area contributed by atoms with Crippen molar-refractivity contribution >= 4 is 18.4 Å². The molecule has 0 spiro atoms. The minimum absolute atomic E-state index is 0.119. The molecule has 5 heteroatoms. The fourth-order valence-electron chi connectivity index (χ4n) is 1.90. The predicted octanol–water partition coefficient (Wildman–Crippen LogP) is 3.74. The quantitative estimate of drug-likeness (QED) is 0.676. The molecule has 20 heavy (non-hydrogen) atoms. The number of nitrogens with zero attached hydrogens (tertiary/aromatic N) is 3. The van der Waals surface area contributed by atoms with Gasteiger partial charge in [0, 0.05) is 5.41 Å². The molecule has 1 aromatic heterocycles. The Labute approximate surface area is 124 Å². The average Bonchev–Trinajstić information content (AvgIpc) is 2.72. The Balaban J connectivity index is 2.45. The van der Waals surface area contributed by atoms with E-state index in [1.165, 1.54) is 11.1 Å². The molecule has 2 aromatic rings. The summed E-state index contributed by atoms with van der Waals surface area (Å²) in [5.74, 6) is 0.823. The summed E-state index contributed by atoms with van der Waals surface area (Å²) in [5.41, 5.74) is 3.37.